The standard InChI is InChI=1S/C21H21NO5/c1-21(22(25)26)17(13-12-14-8-4-3-5-9-14)18(20(24)27-2)15-10-6-7-11-16(15)19(21)23/h3-11,17-18H,12-13H2,1-2H3/t17-,18+,21+/m1/s1. The summed E-state index contributed by atoms with van der Waals surface area (Å²) in [5.41, 5.74) is -0.157. The molecule has 0 heterocycles. The average Bonchev–Trinajstić information content (AvgIpc) is 2.69. The lowest BCUT2D eigenvalue weighted by molar-refractivity contribution is -0.557. The van der Waals surface area contributed by atoms with E-state index in [-0.39, 0.29) is 5.56 Å². The Balaban J connectivity index is 2.10. The molecule has 3 atom stereocenters. The van der Waals surface area contributed by atoms with Gasteiger partial charge in [0.15, 0.2) is 0 Å². The normalized spacial score (nSPS) is 24.1. The summed E-state index contributed by atoms with van der Waals surface area (Å²) in [7, 11) is 1.26. The number of carbonyl (C=O) groups excluding carboxylic acids is 2. The zero-order chi connectivity index (χ0) is 19.6. The Bertz CT molecular complexity index is 879. The average molecular weight is 367 g/mol. The van der Waals surface area contributed by atoms with Crippen LogP contribution in [0.15, 0.2) is 54.6 Å². The number of ether oxygens (including phenoxy) is 1. The van der Waals surface area contributed by atoms with Crippen molar-refractivity contribution in [1.82, 2.24) is 0 Å². The van der Waals surface area contributed by atoms with Crippen LogP contribution in [-0.4, -0.2) is 29.3 Å². The number of carbonyl (C=O) groups is 2. The molecule has 0 unspecified atom stereocenters. The molecule has 1 aliphatic carbocycles. The molecule has 2 aromatic carbocycles. The summed E-state index contributed by atoms with van der Waals surface area (Å²) in [4.78, 5) is 37.1. The van der Waals surface area contributed by atoms with E-state index in [4.69, 9.17) is 4.74 Å². The third kappa shape index (κ3) is 3.12. The summed E-state index contributed by atoms with van der Waals surface area (Å²) in [6.45, 7) is 1.33. The Kier molecular flexibility index (Phi) is 5.08. The fourth-order valence-corrected chi connectivity index (χ4v) is 4.01. The van der Waals surface area contributed by atoms with Crippen molar-refractivity contribution in [3.05, 3.63) is 81.4 Å². The van der Waals surface area contributed by atoms with Gasteiger partial charge in [0.2, 0.25) is 5.78 Å². The van der Waals surface area contributed by atoms with E-state index < -0.39 is 34.1 Å². The van der Waals surface area contributed by atoms with Crippen molar-refractivity contribution in [2.45, 2.75) is 31.2 Å². The highest BCUT2D eigenvalue weighted by atomic mass is 16.6. The molecular formula is C21H21NO5. The number of esters is 1. The van der Waals surface area contributed by atoms with Crippen LogP contribution in [-0.2, 0) is 16.0 Å². The van der Waals surface area contributed by atoms with Gasteiger partial charge < -0.3 is 4.74 Å². The minimum Gasteiger partial charge on any atom is -0.469 e. The molecule has 0 amide bonds. The second-order valence-corrected chi connectivity index (χ2v) is 6.95. The molecular weight excluding hydrogens is 346 g/mol. The molecule has 0 fully saturated rings. The summed E-state index contributed by atoms with van der Waals surface area (Å²) >= 11 is 0. The summed E-state index contributed by atoms with van der Waals surface area (Å²) in [6.07, 6.45) is 0.846. The topological polar surface area (TPSA) is 86.5 Å². The van der Waals surface area contributed by atoms with Crippen molar-refractivity contribution in [2.24, 2.45) is 5.92 Å². The number of aryl methyl sites for hydroxylation is 1. The predicted octanol–water partition coefficient (Wildman–Crippen LogP) is 3.42. The van der Waals surface area contributed by atoms with Gasteiger partial charge in [-0.05, 0) is 24.0 Å². The van der Waals surface area contributed by atoms with Crippen molar-refractivity contribution >= 4 is 11.8 Å². The summed E-state index contributed by atoms with van der Waals surface area (Å²) in [5, 5.41) is 12.0. The zero-order valence-corrected chi connectivity index (χ0v) is 15.3. The number of Topliss-reactive ketones (excluding diaryl/α,β-unsaturated/α-hetero) is 1. The Morgan fingerprint density at radius 1 is 1.15 bits per heavy atom. The first kappa shape index (κ1) is 18.8. The first-order valence-electron chi connectivity index (χ1n) is 8.81. The number of rotatable bonds is 5. The minimum absolute atomic E-state index is 0.225. The van der Waals surface area contributed by atoms with Crippen molar-refractivity contribution < 1.29 is 19.2 Å². The third-order valence-electron chi connectivity index (χ3n) is 5.55. The number of ketones is 1. The zero-order valence-electron chi connectivity index (χ0n) is 15.3. The first-order valence-corrected chi connectivity index (χ1v) is 8.81. The highest BCUT2D eigenvalue weighted by Gasteiger charge is 2.61. The molecule has 1 aliphatic rings. The SMILES string of the molecule is COC(=O)[C@H]1c2ccccc2C(=O)[C@@](C)([N+](=O)[O-])[C@@H]1CCc1ccccc1. The van der Waals surface area contributed by atoms with Gasteiger partial charge >= 0.3 is 5.97 Å². The summed E-state index contributed by atoms with van der Waals surface area (Å²) in [5.74, 6) is -2.77. The number of nitro groups is 1. The molecule has 0 bridgehead atoms. The van der Waals surface area contributed by atoms with Crippen LogP contribution < -0.4 is 0 Å². The maximum Gasteiger partial charge on any atom is 0.313 e. The number of fused-ring (bicyclic) bond motifs is 1. The van der Waals surface area contributed by atoms with E-state index in [9.17, 15) is 19.7 Å². The molecule has 3 rings (SSSR count). The Hall–Kier alpha value is -3.02. The predicted molar refractivity (Wildman–Crippen MR) is 99.2 cm³/mol. The number of methoxy groups -OCH3 is 1. The fraction of sp³-hybridized carbons (Fsp3) is 0.333. The molecule has 0 N–H and O–H groups in total. The molecule has 140 valence electrons. The number of hydrogen-bond donors (Lipinski definition) is 0. The highest BCUT2D eigenvalue weighted by Crippen LogP contribution is 2.46. The lowest BCUT2D eigenvalue weighted by atomic mass is 9.63. The number of hydrogen-bond acceptors (Lipinski definition) is 5. The van der Waals surface area contributed by atoms with E-state index in [2.05, 4.69) is 0 Å². The molecule has 0 aliphatic heterocycles. The Morgan fingerprint density at radius 3 is 2.41 bits per heavy atom. The Labute approximate surface area is 157 Å². The number of nitrogens with zero attached hydrogens (tertiary/aromatic N) is 1. The van der Waals surface area contributed by atoms with Crippen molar-refractivity contribution in [3.8, 4) is 0 Å². The van der Waals surface area contributed by atoms with Gasteiger partial charge in [-0.3, -0.25) is 19.7 Å². The van der Waals surface area contributed by atoms with Gasteiger partial charge in [-0.1, -0.05) is 54.6 Å². The van der Waals surface area contributed by atoms with Gasteiger partial charge in [-0.25, -0.2) is 0 Å². The van der Waals surface area contributed by atoms with Crippen LogP contribution in [0, 0.1) is 16.0 Å². The molecule has 6 heteroatoms. The first-order chi connectivity index (χ1) is 12.9. The fourth-order valence-electron chi connectivity index (χ4n) is 4.01. The van der Waals surface area contributed by atoms with Gasteiger partial charge in [0.1, 0.15) is 0 Å². The molecule has 0 spiro atoms. The van der Waals surface area contributed by atoms with Crippen LogP contribution in [0.2, 0.25) is 0 Å². The van der Waals surface area contributed by atoms with Crippen molar-refractivity contribution in [3.63, 3.8) is 0 Å². The monoisotopic (exact) mass is 367 g/mol. The molecule has 0 saturated heterocycles. The van der Waals surface area contributed by atoms with E-state index >= 15 is 0 Å². The molecule has 6 nitrogen and oxygen atoms in total. The quantitative estimate of drug-likeness (QED) is 0.459. The van der Waals surface area contributed by atoms with E-state index in [0.717, 1.165) is 5.56 Å². The van der Waals surface area contributed by atoms with E-state index in [1.165, 1.54) is 14.0 Å². The lowest BCUT2D eigenvalue weighted by Crippen LogP contribution is -2.56. The molecule has 0 radical (unpaired) electrons. The van der Waals surface area contributed by atoms with Gasteiger partial charge in [-0.2, -0.15) is 0 Å². The molecule has 27 heavy (non-hydrogen) atoms. The van der Waals surface area contributed by atoms with Crippen molar-refractivity contribution in [2.75, 3.05) is 7.11 Å². The van der Waals surface area contributed by atoms with Crippen LogP contribution in [0.4, 0.5) is 0 Å². The van der Waals surface area contributed by atoms with Crippen LogP contribution >= 0.6 is 0 Å². The molecule has 2 aromatic rings. The smallest absolute Gasteiger partial charge is 0.313 e. The van der Waals surface area contributed by atoms with Crippen molar-refractivity contribution in [1.29, 1.82) is 0 Å². The summed E-state index contributed by atoms with van der Waals surface area (Å²) in [6, 6.07) is 16.1. The minimum atomic E-state index is -1.89. The second kappa shape index (κ2) is 7.31. The van der Waals surface area contributed by atoms with Crippen LogP contribution in [0.1, 0.15) is 40.7 Å². The largest absolute Gasteiger partial charge is 0.469 e. The van der Waals surface area contributed by atoms with Gasteiger partial charge in [0, 0.05) is 17.4 Å². The lowest BCUT2D eigenvalue weighted by Gasteiger charge is -2.38. The molecule has 0 aromatic heterocycles. The van der Waals surface area contributed by atoms with Crippen LogP contribution in [0.5, 0.6) is 0 Å². The van der Waals surface area contributed by atoms with E-state index in [1.54, 1.807) is 24.3 Å². The van der Waals surface area contributed by atoms with Gasteiger partial charge in [0.25, 0.3) is 5.54 Å². The van der Waals surface area contributed by atoms with Gasteiger partial charge in [-0.15, -0.1) is 0 Å². The van der Waals surface area contributed by atoms with Gasteiger partial charge in [0.05, 0.1) is 18.9 Å². The summed E-state index contributed by atoms with van der Waals surface area (Å²) < 4.78 is 4.96. The maximum atomic E-state index is 13.1. The van der Waals surface area contributed by atoms with E-state index in [1.807, 2.05) is 30.3 Å². The third-order valence-corrected chi connectivity index (χ3v) is 5.55. The van der Waals surface area contributed by atoms with E-state index in [0.29, 0.717) is 18.4 Å². The highest BCUT2D eigenvalue weighted by molar-refractivity contribution is 6.07. The molecule has 0 saturated carbocycles. The maximum absolute atomic E-state index is 13.1. The second-order valence-electron chi connectivity index (χ2n) is 6.95. The van der Waals surface area contributed by atoms with Crippen LogP contribution in [0.25, 0.3) is 0 Å². The number of benzene rings is 2. The Morgan fingerprint density at radius 2 is 1.78 bits per heavy atom. The van der Waals surface area contributed by atoms with Crippen LogP contribution in [0.3, 0.4) is 0 Å².